The van der Waals surface area contributed by atoms with Crippen molar-refractivity contribution in [3.05, 3.63) is 28.8 Å². The van der Waals surface area contributed by atoms with Crippen molar-refractivity contribution in [1.29, 1.82) is 0 Å². The predicted molar refractivity (Wildman–Crippen MR) is 122 cm³/mol. The Balaban J connectivity index is 1.79. The third-order valence-electron chi connectivity index (χ3n) is 6.08. The number of hydrogen-bond acceptors (Lipinski definition) is 5. The van der Waals surface area contributed by atoms with Crippen LogP contribution in [0.4, 0.5) is 5.69 Å². The van der Waals surface area contributed by atoms with E-state index in [0.717, 1.165) is 61.5 Å². The van der Waals surface area contributed by atoms with Crippen LogP contribution in [0.5, 0.6) is 0 Å². The van der Waals surface area contributed by atoms with Gasteiger partial charge in [0.15, 0.2) is 5.96 Å². The summed E-state index contributed by atoms with van der Waals surface area (Å²) >= 11 is 6.60. The maximum Gasteiger partial charge on any atom is 0.310 e. The molecular formula is C22H34ClN5O2. The second-order valence-electron chi connectivity index (χ2n) is 8.21. The Morgan fingerprint density at radius 3 is 2.67 bits per heavy atom. The van der Waals surface area contributed by atoms with Gasteiger partial charge in [-0.1, -0.05) is 24.6 Å². The van der Waals surface area contributed by atoms with Crippen molar-refractivity contribution in [2.75, 3.05) is 64.9 Å². The molecule has 3 rings (SSSR count). The van der Waals surface area contributed by atoms with Gasteiger partial charge in [-0.3, -0.25) is 4.79 Å². The first-order valence-electron chi connectivity index (χ1n) is 10.8. The van der Waals surface area contributed by atoms with Gasteiger partial charge in [0.05, 0.1) is 19.6 Å². The number of esters is 1. The lowest BCUT2D eigenvalue weighted by molar-refractivity contribution is -0.145. The van der Waals surface area contributed by atoms with E-state index >= 15 is 0 Å². The van der Waals surface area contributed by atoms with E-state index in [1.54, 1.807) is 0 Å². The van der Waals surface area contributed by atoms with Crippen LogP contribution >= 0.6 is 11.6 Å². The van der Waals surface area contributed by atoms with Gasteiger partial charge >= 0.3 is 5.97 Å². The zero-order valence-electron chi connectivity index (χ0n) is 18.5. The highest BCUT2D eigenvalue weighted by Crippen LogP contribution is 2.30. The zero-order valence-corrected chi connectivity index (χ0v) is 19.3. The normalized spacial score (nSPS) is 23.0. The van der Waals surface area contributed by atoms with Crippen molar-refractivity contribution < 1.29 is 9.53 Å². The second kappa shape index (κ2) is 10.4. The number of hydrogen-bond donors (Lipinski definition) is 1. The van der Waals surface area contributed by atoms with Crippen LogP contribution in [0.3, 0.4) is 0 Å². The number of rotatable bonds is 5. The fourth-order valence-electron chi connectivity index (χ4n) is 4.23. The summed E-state index contributed by atoms with van der Waals surface area (Å²) in [4.78, 5) is 23.9. The summed E-state index contributed by atoms with van der Waals surface area (Å²) in [5, 5.41) is 4.12. The first-order valence-corrected chi connectivity index (χ1v) is 11.1. The van der Waals surface area contributed by atoms with E-state index in [4.69, 9.17) is 21.3 Å². The average molecular weight is 436 g/mol. The second-order valence-corrected chi connectivity index (χ2v) is 8.62. The molecule has 0 amide bonds. The molecule has 2 unspecified atom stereocenters. The molecule has 1 N–H and O–H groups in total. The molecule has 2 atom stereocenters. The van der Waals surface area contributed by atoms with Gasteiger partial charge in [0.25, 0.3) is 0 Å². The number of benzene rings is 1. The summed E-state index contributed by atoms with van der Waals surface area (Å²) < 4.78 is 4.98. The number of nitrogens with zero attached hydrogens (tertiary/aromatic N) is 4. The molecule has 1 aromatic carbocycles. The fraction of sp³-hybridized carbons (Fsp3) is 0.636. The minimum absolute atomic E-state index is 0.125. The van der Waals surface area contributed by atoms with Gasteiger partial charge in [-0.15, -0.1) is 0 Å². The van der Waals surface area contributed by atoms with E-state index in [2.05, 4.69) is 47.0 Å². The largest absolute Gasteiger partial charge is 0.469 e. The Morgan fingerprint density at radius 2 is 2.00 bits per heavy atom. The van der Waals surface area contributed by atoms with Crippen molar-refractivity contribution in [2.24, 2.45) is 16.8 Å². The van der Waals surface area contributed by atoms with E-state index in [-0.39, 0.29) is 17.8 Å². The Labute approximate surface area is 185 Å². The van der Waals surface area contributed by atoms with Gasteiger partial charge < -0.3 is 24.8 Å². The minimum Gasteiger partial charge on any atom is -0.469 e. The summed E-state index contributed by atoms with van der Waals surface area (Å²) in [6.07, 6.45) is 0. The maximum absolute atomic E-state index is 12.1. The van der Waals surface area contributed by atoms with Crippen LogP contribution in [0.15, 0.2) is 23.2 Å². The molecule has 0 aliphatic carbocycles. The van der Waals surface area contributed by atoms with Crippen LogP contribution in [0.2, 0.25) is 5.02 Å². The molecule has 8 heteroatoms. The number of methoxy groups -OCH3 is 1. The van der Waals surface area contributed by atoms with Gasteiger partial charge in [-0.05, 0) is 32.0 Å². The van der Waals surface area contributed by atoms with Gasteiger partial charge in [0, 0.05) is 62.1 Å². The lowest BCUT2D eigenvalue weighted by atomic mass is 9.99. The summed E-state index contributed by atoms with van der Waals surface area (Å²) in [5.41, 5.74) is 2.22. The highest BCUT2D eigenvalue weighted by molar-refractivity contribution is 6.31. The highest BCUT2D eigenvalue weighted by atomic mass is 35.5. The first kappa shape index (κ1) is 22.7. The van der Waals surface area contributed by atoms with Crippen LogP contribution in [0, 0.1) is 11.8 Å². The molecule has 0 spiro atoms. The molecule has 0 saturated carbocycles. The number of nitrogens with one attached hydrogen (secondary N) is 1. The molecule has 30 heavy (non-hydrogen) atoms. The number of guanidine groups is 1. The van der Waals surface area contributed by atoms with E-state index in [1.165, 1.54) is 7.11 Å². The van der Waals surface area contributed by atoms with E-state index in [9.17, 15) is 4.79 Å². The number of carbonyl (C=O) groups excluding carboxylic acids is 1. The number of likely N-dealkylation sites (N-methyl/N-ethyl adjacent to an activating group) is 1. The summed E-state index contributed by atoms with van der Waals surface area (Å²) in [6.45, 7) is 10.8. The molecule has 2 saturated heterocycles. The average Bonchev–Trinajstić information content (AvgIpc) is 3.13. The molecule has 0 aromatic heterocycles. The molecule has 2 aliphatic heterocycles. The Bertz CT molecular complexity index is 764. The van der Waals surface area contributed by atoms with Crippen LogP contribution in [0.25, 0.3) is 0 Å². The molecule has 2 aliphatic rings. The van der Waals surface area contributed by atoms with E-state index in [1.807, 2.05) is 12.1 Å². The lowest BCUT2D eigenvalue weighted by Gasteiger charge is -2.35. The van der Waals surface area contributed by atoms with E-state index < -0.39 is 0 Å². The quantitative estimate of drug-likeness (QED) is 0.435. The van der Waals surface area contributed by atoms with Gasteiger partial charge in [-0.2, -0.15) is 0 Å². The molecule has 0 radical (unpaired) electrons. The molecule has 1 aromatic rings. The number of ether oxygens (including phenoxy) is 1. The summed E-state index contributed by atoms with van der Waals surface area (Å²) in [6, 6.07) is 6.09. The molecule has 0 bridgehead atoms. The third-order valence-corrected chi connectivity index (χ3v) is 6.43. The van der Waals surface area contributed by atoms with Crippen molar-refractivity contribution in [1.82, 2.24) is 15.1 Å². The van der Waals surface area contributed by atoms with Crippen LogP contribution in [0.1, 0.15) is 19.4 Å². The molecule has 2 fully saturated rings. The van der Waals surface area contributed by atoms with E-state index in [0.29, 0.717) is 13.1 Å². The van der Waals surface area contributed by atoms with Gasteiger partial charge in [0.2, 0.25) is 0 Å². The monoisotopic (exact) mass is 435 g/mol. The zero-order chi connectivity index (χ0) is 21.7. The SMILES string of the molecule is CCNC(=NCc1c(Cl)cccc1N1CCN(C)CC1)N1CC(C)C(C(=O)OC)C1. The minimum atomic E-state index is -0.149. The summed E-state index contributed by atoms with van der Waals surface area (Å²) in [7, 11) is 3.61. The van der Waals surface area contributed by atoms with Crippen molar-refractivity contribution >= 4 is 29.2 Å². The molecule has 166 valence electrons. The number of likely N-dealkylation sites (tertiary alicyclic amines) is 1. The number of piperazine rings is 1. The number of aliphatic imine (C=N–C) groups is 1. The Hall–Kier alpha value is -1.99. The van der Waals surface area contributed by atoms with Crippen molar-refractivity contribution in [3.63, 3.8) is 0 Å². The standard InChI is InChI=1S/C22H34ClN5O2/c1-5-24-22(28-14-16(2)18(15-28)21(29)30-4)25-13-17-19(23)7-6-8-20(17)27-11-9-26(3)10-12-27/h6-8,16,18H,5,9-15H2,1-4H3,(H,24,25). The Kier molecular flexibility index (Phi) is 7.83. The van der Waals surface area contributed by atoms with Crippen molar-refractivity contribution in [3.8, 4) is 0 Å². The predicted octanol–water partition coefficient (Wildman–Crippen LogP) is 2.30. The third kappa shape index (κ3) is 5.19. The van der Waals surface area contributed by atoms with Crippen LogP contribution in [-0.4, -0.2) is 81.7 Å². The number of anilines is 1. The molecular weight excluding hydrogens is 402 g/mol. The first-order chi connectivity index (χ1) is 14.4. The lowest BCUT2D eigenvalue weighted by Crippen LogP contribution is -2.44. The van der Waals surface area contributed by atoms with Gasteiger partial charge in [-0.25, -0.2) is 4.99 Å². The fourth-order valence-corrected chi connectivity index (χ4v) is 4.45. The van der Waals surface area contributed by atoms with Gasteiger partial charge in [0.1, 0.15) is 0 Å². The van der Waals surface area contributed by atoms with Crippen molar-refractivity contribution in [2.45, 2.75) is 20.4 Å². The van der Waals surface area contributed by atoms with Crippen LogP contribution in [-0.2, 0) is 16.1 Å². The number of carbonyl (C=O) groups is 1. The highest BCUT2D eigenvalue weighted by Gasteiger charge is 2.36. The van der Waals surface area contributed by atoms with Crippen LogP contribution < -0.4 is 10.2 Å². The topological polar surface area (TPSA) is 60.4 Å². The maximum atomic E-state index is 12.1. The Morgan fingerprint density at radius 1 is 1.27 bits per heavy atom. The summed E-state index contributed by atoms with van der Waals surface area (Å²) in [5.74, 6) is 0.770. The smallest absolute Gasteiger partial charge is 0.310 e. The molecule has 7 nitrogen and oxygen atoms in total. The number of halogens is 1. The molecule has 2 heterocycles.